The largest absolute Gasteiger partial charge is 0.348 e. The summed E-state index contributed by atoms with van der Waals surface area (Å²) in [5, 5.41) is 4.39. The molecule has 0 saturated carbocycles. The van der Waals surface area contributed by atoms with Gasteiger partial charge in [0.15, 0.2) is 5.65 Å². The number of aromatic nitrogens is 2. The van der Waals surface area contributed by atoms with Crippen molar-refractivity contribution in [3.05, 3.63) is 70.5 Å². The standard InChI is InChI=1S/C17H14ClN3O/c1-11-15(9-13-5-3-7-19-16(13)21-11)17(22)20-10-12-4-2-6-14(18)8-12/h2-9H,10H2,1H3,(H,20,22). The van der Waals surface area contributed by atoms with E-state index in [4.69, 9.17) is 11.6 Å². The molecule has 0 fully saturated rings. The molecule has 0 unspecified atom stereocenters. The zero-order valence-corrected chi connectivity index (χ0v) is 12.8. The van der Waals surface area contributed by atoms with E-state index < -0.39 is 0 Å². The molecule has 0 bridgehead atoms. The number of aryl methyl sites for hydroxylation is 1. The van der Waals surface area contributed by atoms with Crippen molar-refractivity contribution in [3.63, 3.8) is 0 Å². The lowest BCUT2D eigenvalue weighted by atomic mass is 10.1. The zero-order valence-electron chi connectivity index (χ0n) is 12.0. The maximum absolute atomic E-state index is 12.4. The van der Waals surface area contributed by atoms with Gasteiger partial charge in [-0.25, -0.2) is 9.97 Å². The van der Waals surface area contributed by atoms with E-state index in [0.717, 1.165) is 10.9 Å². The van der Waals surface area contributed by atoms with Crippen LogP contribution in [0.15, 0.2) is 48.7 Å². The van der Waals surface area contributed by atoms with Gasteiger partial charge in [0.1, 0.15) is 0 Å². The Morgan fingerprint density at radius 1 is 1.23 bits per heavy atom. The van der Waals surface area contributed by atoms with E-state index in [0.29, 0.717) is 28.5 Å². The Balaban J connectivity index is 1.81. The van der Waals surface area contributed by atoms with Crippen molar-refractivity contribution in [2.45, 2.75) is 13.5 Å². The molecule has 5 heteroatoms. The summed E-state index contributed by atoms with van der Waals surface area (Å²) in [6, 6.07) is 12.9. The molecular formula is C17H14ClN3O. The van der Waals surface area contributed by atoms with Gasteiger partial charge in [-0.05, 0) is 42.8 Å². The van der Waals surface area contributed by atoms with Crippen molar-refractivity contribution in [2.75, 3.05) is 0 Å². The van der Waals surface area contributed by atoms with E-state index in [-0.39, 0.29) is 5.91 Å². The Labute approximate surface area is 133 Å². The number of halogens is 1. The van der Waals surface area contributed by atoms with Crippen LogP contribution in [0.5, 0.6) is 0 Å². The van der Waals surface area contributed by atoms with Gasteiger partial charge in [0, 0.05) is 23.2 Å². The fraction of sp³-hybridized carbons (Fsp3) is 0.118. The van der Waals surface area contributed by atoms with Gasteiger partial charge in [0.05, 0.1) is 11.3 Å². The minimum absolute atomic E-state index is 0.157. The predicted molar refractivity (Wildman–Crippen MR) is 86.9 cm³/mol. The Morgan fingerprint density at radius 3 is 2.91 bits per heavy atom. The molecule has 0 aliphatic heterocycles. The number of rotatable bonds is 3. The molecule has 22 heavy (non-hydrogen) atoms. The average Bonchev–Trinajstić information content (AvgIpc) is 2.52. The molecule has 0 aliphatic carbocycles. The van der Waals surface area contributed by atoms with E-state index in [2.05, 4.69) is 15.3 Å². The second-order valence-electron chi connectivity index (χ2n) is 4.98. The molecule has 2 heterocycles. The highest BCUT2D eigenvalue weighted by Crippen LogP contribution is 2.15. The minimum atomic E-state index is -0.157. The second kappa shape index (κ2) is 6.12. The van der Waals surface area contributed by atoms with E-state index in [1.807, 2.05) is 43.3 Å². The number of carbonyl (C=O) groups excluding carboxylic acids is 1. The van der Waals surface area contributed by atoms with Crippen LogP contribution in [0.2, 0.25) is 5.02 Å². The fourth-order valence-electron chi connectivity index (χ4n) is 2.25. The molecule has 3 rings (SSSR count). The van der Waals surface area contributed by atoms with Gasteiger partial charge in [0.2, 0.25) is 0 Å². The topological polar surface area (TPSA) is 54.9 Å². The molecular weight excluding hydrogens is 298 g/mol. The number of hydrogen-bond donors (Lipinski definition) is 1. The summed E-state index contributed by atoms with van der Waals surface area (Å²) in [5.41, 5.74) is 2.82. The Kier molecular flexibility index (Phi) is 4.02. The summed E-state index contributed by atoms with van der Waals surface area (Å²) in [6.45, 7) is 2.23. The van der Waals surface area contributed by atoms with Crippen LogP contribution in [0.1, 0.15) is 21.6 Å². The third-order valence-corrected chi connectivity index (χ3v) is 3.60. The summed E-state index contributed by atoms with van der Waals surface area (Å²) >= 11 is 5.94. The van der Waals surface area contributed by atoms with Crippen LogP contribution in [0, 0.1) is 6.92 Å². The van der Waals surface area contributed by atoms with Crippen LogP contribution in [-0.4, -0.2) is 15.9 Å². The van der Waals surface area contributed by atoms with Crippen LogP contribution in [0.3, 0.4) is 0 Å². The normalized spacial score (nSPS) is 10.6. The maximum atomic E-state index is 12.4. The summed E-state index contributed by atoms with van der Waals surface area (Å²) in [4.78, 5) is 20.9. The Bertz CT molecular complexity index is 848. The smallest absolute Gasteiger partial charge is 0.253 e. The van der Waals surface area contributed by atoms with E-state index in [1.165, 1.54) is 0 Å². The van der Waals surface area contributed by atoms with Gasteiger partial charge in [0.25, 0.3) is 5.91 Å². The summed E-state index contributed by atoms with van der Waals surface area (Å²) in [7, 11) is 0. The van der Waals surface area contributed by atoms with Gasteiger partial charge in [-0.2, -0.15) is 0 Å². The molecule has 110 valence electrons. The average molecular weight is 312 g/mol. The molecule has 1 amide bonds. The predicted octanol–water partition coefficient (Wildman–Crippen LogP) is 3.52. The third-order valence-electron chi connectivity index (χ3n) is 3.37. The molecule has 4 nitrogen and oxygen atoms in total. The highest BCUT2D eigenvalue weighted by Gasteiger charge is 2.11. The number of benzene rings is 1. The minimum Gasteiger partial charge on any atom is -0.348 e. The van der Waals surface area contributed by atoms with Gasteiger partial charge < -0.3 is 5.32 Å². The Morgan fingerprint density at radius 2 is 2.09 bits per heavy atom. The molecule has 0 aliphatic rings. The van der Waals surface area contributed by atoms with Gasteiger partial charge >= 0.3 is 0 Å². The first kappa shape index (κ1) is 14.5. The first-order chi connectivity index (χ1) is 10.6. The summed E-state index contributed by atoms with van der Waals surface area (Å²) < 4.78 is 0. The SMILES string of the molecule is Cc1nc2ncccc2cc1C(=O)NCc1cccc(Cl)c1. The number of hydrogen-bond acceptors (Lipinski definition) is 3. The van der Waals surface area contributed by atoms with Crippen LogP contribution in [0.25, 0.3) is 11.0 Å². The number of nitrogens with zero attached hydrogens (tertiary/aromatic N) is 2. The van der Waals surface area contributed by atoms with Crippen molar-refractivity contribution in [3.8, 4) is 0 Å². The summed E-state index contributed by atoms with van der Waals surface area (Å²) in [6.07, 6.45) is 1.69. The van der Waals surface area contributed by atoms with E-state index in [1.54, 1.807) is 12.3 Å². The van der Waals surface area contributed by atoms with Gasteiger partial charge in [-0.3, -0.25) is 4.79 Å². The van der Waals surface area contributed by atoms with Crippen LogP contribution >= 0.6 is 11.6 Å². The first-order valence-corrected chi connectivity index (χ1v) is 7.26. The number of pyridine rings is 2. The first-order valence-electron chi connectivity index (χ1n) is 6.88. The van der Waals surface area contributed by atoms with Crippen LogP contribution < -0.4 is 5.32 Å². The zero-order chi connectivity index (χ0) is 15.5. The number of fused-ring (bicyclic) bond motifs is 1. The lowest BCUT2D eigenvalue weighted by Gasteiger charge is -2.08. The van der Waals surface area contributed by atoms with Crippen molar-refractivity contribution >= 4 is 28.5 Å². The lowest BCUT2D eigenvalue weighted by Crippen LogP contribution is -2.24. The van der Waals surface area contributed by atoms with Crippen molar-refractivity contribution in [1.82, 2.24) is 15.3 Å². The third kappa shape index (κ3) is 3.07. The molecule has 0 saturated heterocycles. The van der Waals surface area contributed by atoms with Crippen molar-refractivity contribution < 1.29 is 4.79 Å². The summed E-state index contributed by atoms with van der Waals surface area (Å²) in [5.74, 6) is -0.157. The van der Waals surface area contributed by atoms with Gasteiger partial charge in [-0.15, -0.1) is 0 Å². The fourth-order valence-corrected chi connectivity index (χ4v) is 2.46. The molecule has 0 atom stereocenters. The van der Waals surface area contributed by atoms with Crippen LogP contribution in [0.4, 0.5) is 0 Å². The molecule has 1 aromatic carbocycles. The monoisotopic (exact) mass is 311 g/mol. The molecule has 0 spiro atoms. The number of carbonyl (C=O) groups is 1. The van der Waals surface area contributed by atoms with Crippen LogP contribution in [-0.2, 0) is 6.54 Å². The highest BCUT2D eigenvalue weighted by atomic mass is 35.5. The maximum Gasteiger partial charge on any atom is 0.253 e. The molecule has 3 aromatic rings. The lowest BCUT2D eigenvalue weighted by molar-refractivity contribution is 0.0950. The second-order valence-corrected chi connectivity index (χ2v) is 5.42. The molecule has 0 radical (unpaired) electrons. The Hall–Kier alpha value is -2.46. The molecule has 2 aromatic heterocycles. The number of nitrogens with one attached hydrogen (secondary N) is 1. The van der Waals surface area contributed by atoms with Crippen molar-refractivity contribution in [1.29, 1.82) is 0 Å². The number of amides is 1. The van der Waals surface area contributed by atoms with Crippen molar-refractivity contribution in [2.24, 2.45) is 0 Å². The van der Waals surface area contributed by atoms with E-state index >= 15 is 0 Å². The van der Waals surface area contributed by atoms with Gasteiger partial charge in [-0.1, -0.05) is 23.7 Å². The van der Waals surface area contributed by atoms with E-state index in [9.17, 15) is 4.79 Å². The quantitative estimate of drug-likeness (QED) is 0.805. The highest BCUT2D eigenvalue weighted by molar-refractivity contribution is 6.30. The molecule has 1 N–H and O–H groups in total.